The molecule has 0 aromatic rings. The fraction of sp³-hybridized carbons (Fsp3) is 0.750. The molecule has 0 aliphatic heterocycles. The van der Waals surface area contributed by atoms with Crippen LogP contribution >= 0.6 is 7.26 Å². The molecule has 0 saturated heterocycles. The lowest BCUT2D eigenvalue weighted by Gasteiger charge is -2.26. The molecule has 0 fully saturated rings. The summed E-state index contributed by atoms with van der Waals surface area (Å²) in [5, 5.41) is 27.9. The minimum absolute atomic E-state index is 0. The maximum Gasteiger partial charge on any atom is 0.0776 e. The van der Waals surface area contributed by atoms with Crippen LogP contribution < -0.4 is 24.0 Å². The van der Waals surface area contributed by atoms with Gasteiger partial charge in [-0.3, -0.25) is 0 Å². The van der Waals surface area contributed by atoms with Crippen molar-refractivity contribution in [2.45, 2.75) is 72.6 Å². The molecule has 0 bridgehead atoms. The van der Waals surface area contributed by atoms with Crippen LogP contribution in [-0.4, -0.2) is 59.8 Å². The highest BCUT2D eigenvalue weighted by molar-refractivity contribution is 7.76. The van der Waals surface area contributed by atoms with Crippen molar-refractivity contribution in [2.24, 2.45) is 0 Å². The molecule has 0 atom stereocenters. The normalized spacial score (nSPS) is 12.7. The Morgan fingerprint density at radius 3 is 1.48 bits per heavy atom. The summed E-state index contributed by atoms with van der Waals surface area (Å²) < 4.78 is 0. The van der Waals surface area contributed by atoms with Crippen molar-refractivity contribution in [1.29, 1.82) is 0 Å². The Hall–Kier alpha value is 0.260. The minimum atomic E-state index is -1.25. The van der Waals surface area contributed by atoms with Crippen LogP contribution in [0.4, 0.5) is 0 Å². The molecule has 0 unspecified atom stereocenters. The molecule has 172 valence electrons. The van der Waals surface area contributed by atoms with E-state index in [1.165, 1.54) is 16.7 Å². The number of aliphatic hydroxyl groups is 3. The van der Waals surface area contributed by atoms with Crippen molar-refractivity contribution in [1.82, 2.24) is 0 Å². The molecule has 29 heavy (non-hydrogen) atoms. The molecule has 0 aromatic carbocycles. The second-order valence-electron chi connectivity index (χ2n) is 8.39. The van der Waals surface area contributed by atoms with Gasteiger partial charge < -0.3 is 39.3 Å². The van der Waals surface area contributed by atoms with Crippen LogP contribution in [0.15, 0.2) is 34.9 Å². The van der Waals surface area contributed by atoms with Crippen LogP contribution in [0.25, 0.3) is 0 Å². The van der Waals surface area contributed by atoms with Crippen molar-refractivity contribution in [3.8, 4) is 0 Å². The van der Waals surface area contributed by atoms with E-state index in [0.29, 0.717) is 0 Å². The summed E-state index contributed by atoms with van der Waals surface area (Å²) in [6.07, 6.45) is 18.4. The average Bonchev–Trinajstić information content (AvgIpc) is 2.66. The Balaban J connectivity index is 0. The lowest BCUT2D eigenvalue weighted by molar-refractivity contribution is -0.00000953. The first-order chi connectivity index (χ1) is 13.4. The van der Waals surface area contributed by atoms with Crippen molar-refractivity contribution in [3.63, 3.8) is 0 Å². The third-order valence-corrected chi connectivity index (χ3v) is 10.1. The first-order valence-electron chi connectivity index (χ1n) is 11.0. The van der Waals surface area contributed by atoms with Gasteiger partial charge in [-0.2, -0.15) is 0 Å². The van der Waals surface area contributed by atoms with Gasteiger partial charge in [-0.25, -0.2) is 0 Å². The average molecular weight is 541 g/mol. The summed E-state index contributed by atoms with van der Waals surface area (Å²) in [5.74, 6) is 0. The Bertz CT molecular complexity index is 461. The molecule has 0 spiro atoms. The Labute approximate surface area is 198 Å². The van der Waals surface area contributed by atoms with E-state index < -0.39 is 7.26 Å². The highest BCUT2D eigenvalue weighted by Gasteiger charge is 2.34. The summed E-state index contributed by atoms with van der Waals surface area (Å²) in [7, 11) is -1.25. The second kappa shape index (κ2) is 20.2. The summed E-state index contributed by atoms with van der Waals surface area (Å²) in [6.45, 7) is 9.46. The molecule has 0 aliphatic rings. The SMILES string of the molecule is CC(C)=CCC/C(C)=C/CC/C(C)=C/C[P+](CCCO)(CCCO)CCCO.[I-]. The second-order valence-corrected chi connectivity index (χ2v) is 12.8. The van der Waals surface area contributed by atoms with Crippen LogP contribution in [0.3, 0.4) is 0 Å². The van der Waals surface area contributed by atoms with Gasteiger partial charge in [-0.15, -0.1) is 0 Å². The van der Waals surface area contributed by atoms with E-state index in [9.17, 15) is 15.3 Å². The van der Waals surface area contributed by atoms with Crippen LogP contribution in [-0.2, 0) is 0 Å². The molecule has 0 aromatic heterocycles. The van der Waals surface area contributed by atoms with Gasteiger partial charge in [0.1, 0.15) is 0 Å². The van der Waals surface area contributed by atoms with Crippen molar-refractivity contribution < 1.29 is 39.3 Å². The van der Waals surface area contributed by atoms with Crippen LogP contribution in [0.1, 0.15) is 72.6 Å². The zero-order valence-corrected chi connectivity index (χ0v) is 22.4. The van der Waals surface area contributed by atoms with Crippen LogP contribution in [0.2, 0.25) is 0 Å². The smallest absolute Gasteiger partial charge is 0.0776 e. The molecular weight excluding hydrogens is 494 g/mol. The number of hydrogen-bond donors (Lipinski definition) is 3. The van der Waals surface area contributed by atoms with Gasteiger partial charge in [0.25, 0.3) is 0 Å². The first-order valence-corrected chi connectivity index (χ1v) is 13.5. The standard InChI is InChI=1S/C24H46O3P.HI/c1-22(2)10-5-11-23(3)12-6-13-24(4)14-21-28(18-7-15-25,19-8-16-26)20-9-17-27;/h10,12,14,25-27H,5-9,11,13,15-21H2,1-4H3;1H/q+1;/p-1/b23-12+,24-14+;. The monoisotopic (exact) mass is 540 g/mol. The fourth-order valence-electron chi connectivity index (χ4n) is 3.52. The number of allylic oxidation sites excluding steroid dienone is 6. The van der Waals surface area contributed by atoms with Crippen molar-refractivity contribution >= 4 is 7.26 Å². The Morgan fingerprint density at radius 2 is 1.07 bits per heavy atom. The quantitative estimate of drug-likeness (QED) is 0.151. The highest BCUT2D eigenvalue weighted by Crippen LogP contribution is 2.60. The predicted octanol–water partition coefficient (Wildman–Crippen LogP) is 2.57. The zero-order chi connectivity index (χ0) is 21.3. The van der Waals surface area contributed by atoms with Crippen LogP contribution in [0.5, 0.6) is 0 Å². The molecule has 3 nitrogen and oxygen atoms in total. The first kappa shape index (κ1) is 31.4. The third-order valence-electron chi connectivity index (χ3n) is 5.32. The Kier molecular flexibility index (Phi) is 21.9. The van der Waals surface area contributed by atoms with E-state index in [1.807, 2.05) is 0 Å². The summed E-state index contributed by atoms with van der Waals surface area (Å²) in [5.41, 5.74) is 4.30. The highest BCUT2D eigenvalue weighted by atomic mass is 127. The van der Waals surface area contributed by atoms with Gasteiger partial charge >= 0.3 is 0 Å². The van der Waals surface area contributed by atoms with E-state index in [1.54, 1.807) is 0 Å². The summed E-state index contributed by atoms with van der Waals surface area (Å²) in [4.78, 5) is 0. The van der Waals surface area contributed by atoms with Gasteiger partial charge in [0, 0.05) is 46.3 Å². The third kappa shape index (κ3) is 17.6. The molecule has 0 radical (unpaired) electrons. The van der Waals surface area contributed by atoms with E-state index in [4.69, 9.17) is 0 Å². The maximum absolute atomic E-state index is 9.31. The maximum atomic E-state index is 9.31. The molecule has 3 N–H and O–H groups in total. The van der Waals surface area contributed by atoms with Crippen molar-refractivity contribution in [3.05, 3.63) is 34.9 Å². The van der Waals surface area contributed by atoms with Gasteiger partial charge in [-0.05, 0) is 59.5 Å². The molecular formula is C24H46IO3P. The molecule has 0 saturated carbocycles. The van der Waals surface area contributed by atoms with E-state index in [-0.39, 0.29) is 43.8 Å². The molecule has 0 heterocycles. The molecule has 0 aliphatic carbocycles. The number of rotatable bonds is 17. The predicted molar refractivity (Wildman–Crippen MR) is 127 cm³/mol. The van der Waals surface area contributed by atoms with Gasteiger partial charge in [0.05, 0.1) is 24.6 Å². The summed E-state index contributed by atoms with van der Waals surface area (Å²) >= 11 is 0. The van der Waals surface area contributed by atoms with Gasteiger partial charge in [0.15, 0.2) is 0 Å². The largest absolute Gasteiger partial charge is 1.00 e. The Morgan fingerprint density at radius 1 is 0.655 bits per heavy atom. The number of hydrogen-bond acceptors (Lipinski definition) is 3. The summed E-state index contributed by atoms with van der Waals surface area (Å²) in [6, 6.07) is 0. The fourth-order valence-corrected chi connectivity index (χ4v) is 7.87. The van der Waals surface area contributed by atoms with E-state index in [0.717, 1.165) is 69.6 Å². The van der Waals surface area contributed by atoms with E-state index in [2.05, 4.69) is 45.9 Å². The number of halogens is 1. The zero-order valence-electron chi connectivity index (χ0n) is 19.3. The molecule has 0 rings (SSSR count). The lowest BCUT2D eigenvalue weighted by Crippen LogP contribution is -3.00. The van der Waals surface area contributed by atoms with E-state index >= 15 is 0 Å². The topological polar surface area (TPSA) is 60.7 Å². The number of aliphatic hydroxyl groups excluding tert-OH is 3. The van der Waals surface area contributed by atoms with Crippen molar-refractivity contribution in [2.75, 3.05) is 44.5 Å². The minimum Gasteiger partial charge on any atom is -1.00 e. The van der Waals surface area contributed by atoms with Gasteiger partial charge in [0.2, 0.25) is 0 Å². The molecule has 0 amide bonds. The van der Waals surface area contributed by atoms with Gasteiger partial charge in [-0.1, -0.05) is 28.9 Å². The lowest BCUT2D eigenvalue weighted by atomic mass is 10.1. The van der Waals surface area contributed by atoms with Crippen LogP contribution in [0, 0.1) is 0 Å². The molecule has 5 heteroatoms.